The molecule has 0 atom stereocenters. The predicted octanol–water partition coefficient (Wildman–Crippen LogP) is 3.92. The Kier molecular flexibility index (Phi) is 4.08. The van der Waals surface area contributed by atoms with E-state index in [1.165, 1.54) is 16.7 Å². The summed E-state index contributed by atoms with van der Waals surface area (Å²) in [5, 5.41) is 9.44. The van der Waals surface area contributed by atoms with Gasteiger partial charge in [0.1, 0.15) is 5.82 Å². The van der Waals surface area contributed by atoms with Crippen LogP contribution in [0, 0.1) is 6.92 Å². The van der Waals surface area contributed by atoms with Gasteiger partial charge >= 0.3 is 5.97 Å². The number of nitrogens with zero attached hydrogens (tertiary/aromatic N) is 2. The molecule has 0 aliphatic rings. The lowest BCUT2D eigenvalue weighted by Gasteiger charge is -2.12. The van der Waals surface area contributed by atoms with Gasteiger partial charge in [-0.25, -0.2) is 9.78 Å². The number of benzene rings is 2. The molecule has 1 N–H and O–H groups in total. The Bertz CT molecular complexity index is 995. The van der Waals surface area contributed by atoms with Crippen LogP contribution in [0.5, 0.6) is 0 Å². The minimum Gasteiger partial charge on any atom is -0.478 e. The number of carboxylic acid groups (broad SMARTS) is 1. The molecular formula is C16H10Br2N2O3. The van der Waals surface area contributed by atoms with Gasteiger partial charge in [-0.1, -0.05) is 15.9 Å². The lowest BCUT2D eigenvalue weighted by Crippen LogP contribution is -2.22. The van der Waals surface area contributed by atoms with Gasteiger partial charge in [-0.05, 0) is 59.3 Å². The van der Waals surface area contributed by atoms with Crippen molar-refractivity contribution >= 4 is 48.7 Å². The smallest absolute Gasteiger partial charge is 0.335 e. The second kappa shape index (κ2) is 5.90. The molecule has 3 rings (SSSR count). The van der Waals surface area contributed by atoms with E-state index in [9.17, 15) is 9.59 Å². The van der Waals surface area contributed by atoms with Crippen LogP contribution < -0.4 is 5.56 Å². The van der Waals surface area contributed by atoms with Crippen molar-refractivity contribution in [1.29, 1.82) is 0 Å². The summed E-state index contributed by atoms with van der Waals surface area (Å²) in [6, 6.07) is 9.67. The molecule has 0 saturated carbocycles. The van der Waals surface area contributed by atoms with Gasteiger partial charge < -0.3 is 5.11 Å². The molecule has 2 aromatic carbocycles. The average molecular weight is 438 g/mol. The molecule has 0 amide bonds. The summed E-state index contributed by atoms with van der Waals surface area (Å²) >= 11 is 6.79. The van der Waals surface area contributed by atoms with Gasteiger partial charge in [-0.3, -0.25) is 9.36 Å². The normalized spacial score (nSPS) is 10.9. The number of halogens is 2. The Hall–Kier alpha value is -1.99. The van der Waals surface area contributed by atoms with E-state index in [1.807, 2.05) is 6.07 Å². The largest absolute Gasteiger partial charge is 0.478 e. The molecule has 0 bridgehead atoms. The van der Waals surface area contributed by atoms with Gasteiger partial charge in [0, 0.05) is 8.95 Å². The molecule has 116 valence electrons. The summed E-state index contributed by atoms with van der Waals surface area (Å²) < 4.78 is 2.97. The van der Waals surface area contributed by atoms with E-state index in [0.29, 0.717) is 22.4 Å². The van der Waals surface area contributed by atoms with Crippen LogP contribution in [-0.2, 0) is 0 Å². The van der Waals surface area contributed by atoms with Gasteiger partial charge in [0.15, 0.2) is 0 Å². The second-order valence-corrected chi connectivity index (χ2v) is 6.71. The first-order valence-corrected chi connectivity index (χ1v) is 8.19. The van der Waals surface area contributed by atoms with E-state index in [0.717, 1.165) is 8.95 Å². The van der Waals surface area contributed by atoms with E-state index in [2.05, 4.69) is 36.8 Å². The van der Waals surface area contributed by atoms with Crippen molar-refractivity contribution in [2.45, 2.75) is 6.92 Å². The maximum Gasteiger partial charge on any atom is 0.335 e. The number of hydrogen-bond donors (Lipinski definition) is 1. The molecule has 0 radical (unpaired) electrons. The van der Waals surface area contributed by atoms with Gasteiger partial charge in [-0.2, -0.15) is 0 Å². The zero-order chi connectivity index (χ0) is 16.7. The summed E-state index contributed by atoms with van der Waals surface area (Å²) in [4.78, 5) is 28.3. The molecule has 0 aliphatic carbocycles. The van der Waals surface area contributed by atoms with E-state index in [4.69, 9.17) is 5.11 Å². The van der Waals surface area contributed by atoms with E-state index >= 15 is 0 Å². The third-order valence-electron chi connectivity index (χ3n) is 3.43. The van der Waals surface area contributed by atoms with Crippen LogP contribution in [0.15, 0.2) is 50.1 Å². The van der Waals surface area contributed by atoms with E-state index in [1.54, 1.807) is 25.1 Å². The molecule has 0 fully saturated rings. The number of aryl methyl sites for hydroxylation is 1. The van der Waals surface area contributed by atoms with E-state index < -0.39 is 5.97 Å². The highest BCUT2D eigenvalue weighted by Crippen LogP contribution is 2.26. The highest BCUT2D eigenvalue weighted by molar-refractivity contribution is 9.11. The second-order valence-electron chi connectivity index (χ2n) is 4.94. The zero-order valence-corrected chi connectivity index (χ0v) is 15.1. The van der Waals surface area contributed by atoms with Crippen LogP contribution in [0.1, 0.15) is 16.2 Å². The number of aromatic nitrogens is 2. The van der Waals surface area contributed by atoms with Crippen molar-refractivity contribution in [3.63, 3.8) is 0 Å². The monoisotopic (exact) mass is 436 g/mol. The number of rotatable bonds is 2. The summed E-state index contributed by atoms with van der Waals surface area (Å²) in [6.45, 7) is 1.74. The van der Waals surface area contributed by atoms with Crippen molar-refractivity contribution in [3.05, 3.63) is 67.1 Å². The molecule has 23 heavy (non-hydrogen) atoms. The Morgan fingerprint density at radius 1 is 1.17 bits per heavy atom. The summed E-state index contributed by atoms with van der Waals surface area (Å²) in [7, 11) is 0. The SMILES string of the molecule is Cc1nc2c(Br)cc(Br)cc2c(=O)n1-c1ccc(C(=O)O)cc1. The van der Waals surface area contributed by atoms with Gasteiger partial charge in [0.2, 0.25) is 0 Å². The van der Waals surface area contributed by atoms with Crippen LogP contribution in [0.4, 0.5) is 0 Å². The van der Waals surface area contributed by atoms with Crippen LogP contribution in [0.3, 0.4) is 0 Å². The van der Waals surface area contributed by atoms with Crippen LogP contribution >= 0.6 is 31.9 Å². The molecule has 3 aromatic rings. The summed E-state index contributed by atoms with van der Waals surface area (Å²) in [6.07, 6.45) is 0. The van der Waals surface area contributed by atoms with Crippen molar-refractivity contribution in [2.75, 3.05) is 0 Å². The first-order valence-electron chi connectivity index (χ1n) is 6.60. The molecule has 0 spiro atoms. The Labute approximate surface area is 147 Å². The Balaban J connectivity index is 2.29. The van der Waals surface area contributed by atoms with Gasteiger partial charge in [0.05, 0.1) is 22.2 Å². The first kappa shape index (κ1) is 15.9. The third-order valence-corrected chi connectivity index (χ3v) is 4.49. The molecule has 0 saturated heterocycles. The number of aromatic carboxylic acids is 1. The molecule has 1 aromatic heterocycles. The van der Waals surface area contributed by atoms with Crippen molar-refractivity contribution in [2.24, 2.45) is 0 Å². The number of hydrogen-bond acceptors (Lipinski definition) is 3. The average Bonchev–Trinajstić information content (AvgIpc) is 2.49. The lowest BCUT2D eigenvalue weighted by molar-refractivity contribution is 0.0697. The molecular weight excluding hydrogens is 428 g/mol. The maximum absolute atomic E-state index is 12.8. The summed E-state index contributed by atoms with van der Waals surface area (Å²) in [5.41, 5.74) is 1.12. The molecule has 7 heteroatoms. The topological polar surface area (TPSA) is 72.2 Å². The number of fused-ring (bicyclic) bond motifs is 1. The fraction of sp³-hybridized carbons (Fsp3) is 0.0625. The van der Waals surface area contributed by atoms with Gasteiger partial charge in [0.25, 0.3) is 5.56 Å². The molecule has 0 aliphatic heterocycles. The minimum absolute atomic E-state index is 0.165. The van der Waals surface area contributed by atoms with Crippen molar-refractivity contribution in [3.8, 4) is 5.69 Å². The van der Waals surface area contributed by atoms with E-state index in [-0.39, 0.29) is 11.1 Å². The Morgan fingerprint density at radius 3 is 2.43 bits per heavy atom. The minimum atomic E-state index is -1.01. The van der Waals surface area contributed by atoms with Gasteiger partial charge in [-0.15, -0.1) is 0 Å². The van der Waals surface area contributed by atoms with Crippen LogP contribution in [-0.4, -0.2) is 20.6 Å². The summed E-state index contributed by atoms with van der Waals surface area (Å²) in [5.74, 6) is -0.487. The molecule has 1 heterocycles. The standard InChI is InChI=1S/C16H10Br2N2O3/c1-8-19-14-12(6-10(17)7-13(14)18)15(21)20(8)11-4-2-9(3-5-11)16(22)23/h2-7H,1H3,(H,22,23). The first-order chi connectivity index (χ1) is 10.9. The fourth-order valence-electron chi connectivity index (χ4n) is 2.38. The Morgan fingerprint density at radius 2 is 1.83 bits per heavy atom. The molecule has 0 unspecified atom stereocenters. The number of carbonyl (C=O) groups is 1. The zero-order valence-electron chi connectivity index (χ0n) is 11.9. The fourth-order valence-corrected chi connectivity index (χ4v) is 3.69. The third kappa shape index (κ3) is 2.82. The highest BCUT2D eigenvalue weighted by Gasteiger charge is 2.13. The van der Waals surface area contributed by atoms with Crippen molar-refractivity contribution in [1.82, 2.24) is 9.55 Å². The molecule has 5 nitrogen and oxygen atoms in total. The number of carboxylic acids is 1. The van der Waals surface area contributed by atoms with Crippen LogP contribution in [0.2, 0.25) is 0 Å². The van der Waals surface area contributed by atoms with Crippen LogP contribution in [0.25, 0.3) is 16.6 Å². The quantitative estimate of drug-likeness (QED) is 0.659. The maximum atomic E-state index is 12.8. The lowest BCUT2D eigenvalue weighted by atomic mass is 10.2. The highest BCUT2D eigenvalue weighted by atomic mass is 79.9. The predicted molar refractivity (Wildman–Crippen MR) is 94.4 cm³/mol. The van der Waals surface area contributed by atoms with Crippen molar-refractivity contribution < 1.29 is 9.90 Å².